The minimum absolute atomic E-state index is 0.935. The van der Waals surface area contributed by atoms with Gasteiger partial charge >= 0.3 is 0 Å². The maximum Gasteiger partial charge on any atom is 0.123 e. The lowest BCUT2D eigenvalue weighted by molar-refractivity contribution is 0.318. The first-order chi connectivity index (χ1) is 8.21. The first-order valence-electron chi connectivity index (χ1n) is 6.16. The third-order valence-electron chi connectivity index (χ3n) is 2.89. The van der Waals surface area contributed by atoms with Crippen molar-refractivity contribution in [3.8, 4) is 5.75 Å². The van der Waals surface area contributed by atoms with Crippen molar-refractivity contribution in [1.82, 2.24) is 4.90 Å². The number of ether oxygens (including phenoxy) is 1. The number of thiol groups is 1. The van der Waals surface area contributed by atoms with Gasteiger partial charge in [0.2, 0.25) is 0 Å². The van der Waals surface area contributed by atoms with E-state index in [-0.39, 0.29) is 0 Å². The smallest absolute Gasteiger partial charge is 0.123 e. The third-order valence-corrected chi connectivity index (χ3v) is 3.21. The fourth-order valence-corrected chi connectivity index (χ4v) is 2.03. The number of methoxy groups -OCH3 is 1. The van der Waals surface area contributed by atoms with E-state index in [0.29, 0.717) is 0 Å². The predicted octanol–water partition coefficient (Wildman–Crippen LogP) is 3.01. The quantitative estimate of drug-likeness (QED) is 0.750. The average molecular weight is 253 g/mol. The Kier molecular flexibility index (Phi) is 6.45. The molecule has 0 N–H and O–H groups in total. The van der Waals surface area contributed by atoms with Crippen molar-refractivity contribution in [3.63, 3.8) is 0 Å². The molecular weight excluding hydrogens is 230 g/mol. The zero-order chi connectivity index (χ0) is 12.7. The highest BCUT2D eigenvalue weighted by Gasteiger charge is 2.07. The summed E-state index contributed by atoms with van der Waals surface area (Å²) in [4.78, 5) is 2.31. The van der Waals surface area contributed by atoms with E-state index in [2.05, 4.69) is 49.7 Å². The van der Waals surface area contributed by atoms with Crippen LogP contribution in [0.15, 0.2) is 18.2 Å². The molecule has 0 spiro atoms. The topological polar surface area (TPSA) is 12.5 Å². The van der Waals surface area contributed by atoms with Gasteiger partial charge in [-0.1, -0.05) is 19.1 Å². The lowest BCUT2D eigenvalue weighted by Gasteiger charge is -2.18. The van der Waals surface area contributed by atoms with Crippen molar-refractivity contribution in [2.75, 3.05) is 26.5 Å². The van der Waals surface area contributed by atoms with Gasteiger partial charge in [-0.15, -0.1) is 0 Å². The molecule has 3 heteroatoms. The molecule has 0 aliphatic rings. The van der Waals surface area contributed by atoms with E-state index in [1.165, 1.54) is 11.1 Å². The Morgan fingerprint density at radius 3 is 2.71 bits per heavy atom. The van der Waals surface area contributed by atoms with Gasteiger partial charge in [0.25, 0.3) is 0 Å². The number of aryl methyl sites for hydroxylation is 1. The summed E-state index contributed by atoms with van der Waals surface area (Å²) in [6, 6.07) is 6.45. The molecule has 0 radical (unpaired) electrons. The van der Waals surface area contributed by atoms with Crippen LogP contribution in [-0.2, 0) is 13.0 Å². The molecule has 1 aromatic carbocycles. The number of hydrogen-bond acceptors (Lipinski definition) is 3. The van der Waals surface area contributed by atoms with Crippen LogP contribution in [0.4, 0.5) is 0 Å². The monoisotopic (exact) mass is 253 g/mol. The minimum atomic E-state index is 0.935. The molecule has 0 amide bonds. The van der Waals surface area contributed by atoms with E-state index in [4.69, 9.17) is 4.74 Å². The second kappa shape index (κ2) is 7.62. The molecule has 1 rings (SSSR count). The number of nitrogens with zero attached hydrogens (tertiary/aromatic N) is 1. The zero-order valence-electron chi connectivity index (χ0n) is 11.1. The molecule has 0 unspecified atom stereocenters. The summed E-state index contributed by atoms with van der Waals surface area (Å²) in [6.07, 6.45) is 2.19. The van der Waals surface area contributed by atoms with E-state index in [0.717, 1.165) is 37.4 Å². The molecule has 0 aromatic heterocycles. The van der Waals surface area contributed by atoms with Gasteiger partial charge in [0, 0.05) is 12.1 Å². The second-order valence-electron chi connectivity index (χ2n) is 4.31. The molecule has 0 atom stereocenters. The normalized spacial score (nSPS) is 10.9. The molecule has 0 saturated heterocycles. The van der Waals surface area contributed by atoms with E-state index < -0.39 is 0 Å². The largest absolute Gasteiger partial charge is 0.496 e. The van der Waals surface area contributed by atoms with E-state index >= 15 is 0 Å². The molecular formula is C14H23NOS. The van der Waals surface area contributed by atoms with Crippen molar-refractivity contribution in [1.29, 1.82) is 0 Å². The molecule has 0 heterocycles. The van der Waals surface area contributed by atoms with Gasteiger partial charge in [0.1, 0.15) is 5.75 Å². The van der Waals surface area contributed by atoms with Crippen molar-refractivity contribution >= 4 is 12.6 Å². The number of rotatable bonds is 7. The van der Waals surface area contributed by atoms with Crippen LogP contribution in [0, 0.1) is 0 Å². The first-order valence-corrected chi connectivity index (χ1v) is 6.79. The molecule has 96 valence electrons. The number of hydrogen-bond donors (Lipinski definition) is 1. The van der Waals surface area contributed by atoms with Crippen LogP contribution in [0.5, 0.6) is 5.75 Å². The Labute approximate surface area is 110 Å². The first kappa shape index (κ1) is 14.4. The van der Waals surface area contributed by atoms with Crippen LogP contribution in [0.25, 0.3) is 0 Å². The molecule has 0 saturated carbocycles. The summed E-state index contributed by atoms with van der Waals surface area (Å²) >= 11 is 4.24. The van der Waals surface area contributed by atoms with Crippen molar-refractivity contribution in [2.45, 2.75) is 26.3 Å². The molecule has 1 aromatic rings. The van der Waals surface area contributed by atoms with Crippen LogP contribution in [0.2, 0.25) is 0 Å². The minimum Gasteiger partial charge on any atom is -0.496 e. The van der Waals surface area contributed by atoms with Crippen LogP contribution >= 0.6 is 12.6 Å². The summed E-state index contributed by atoms with van der Waals surface area (Å²) in [5.74, 6) is 1.93. The Bertz CT molecular complexity index is 341. The van der Waals surface area contributed by atoms with Gasteiger partial charge in [0.15, 0.2) is 0 Å². The van der Waals surface area contributed by atoms with Crippen LogP contribution in [0.1, 0.15) is 24.5 Å². The van der Waals surface area contributed by atoms with Crippen molar-refractivity contribution < 1.29 is 4.74 Å². The highest BCUT2D eigenvalue weighted by molar-refractivity contribution is 7.80. The van der Waals surface area contributed by atoms with Gasteiger partial charge in [0.05, 0.1) is 7.11 Å². The highest BCUT2D eigenvalue weighted by Crippen LogP contribution is 2.21. The SMILES string of the molecule is CCc1ccc(OC)c(CN(C)CCCS)c1. The number of benzene rings is 1. The summed E-state index contributed by atoms with van der Waals surface area (Å²) in [5, 5.41) is 0. The Morgan fingerprint density at radius 1 is 1.35 bits per heavy atom. The summed E-state index contributed by atoms with van der Waals surface area (Å²) in [6.45, 7) is 4.18. The Morgan fingerprint density at radius 2 is 2.12 bits per heavy atom. The fraction of sp³-hybridized carbons (Fsp3) is 0.571. The maximum absolute atomic E-state index is 5.41. The van der Waals surface area contributed by atoms with Crippen molar-refractivity contribution in [2.24, 2.45) is 0 Å². The molecule has 17 heavy (non-hydrogen) atoms. The summed E-state index contributed by atoms with van der Waals surface area (Å²) in [7, 11) is 3.87. The summed E-state index contributed by atoms with van der Waals surface area (Å²) in [5.41, 5.74) is 2.64. The van der Waals surface area contributed by atoms with Crippen LogP contribution in [-0.4, -0.2) is 31.4 Å². The molecule has 2 nitrogen and oxygen atoms in total. The Balaban J connectivity index is 2.72. The predicted molar refractivity (Wildman–Crippen MR) is 77.2 cm³/mol. The maximum atomic E-state index is 5.41. The molecule has 0 bridgehead atoms. The zero-order valence-corrected chi connectivity index (χ0v) is 12.0. The van der Waals surface area contributed by atoms with Gasteiger partial charge in [-0.3, -0.25) is 0 Å². The van der Waals surface area contributed by atoms with Gasteiger partial charge in [-0.2, -0.15) is 12.6 Å². The van der Waals surface area contributed by atoms with E-state index in [1.54, 1.807) is 7.11 Å². The molecule has 0 aliphatic carbocycles. The van der Waals surface area contributed by atoms with E-state index in [9.17, 15) is 0 Å². The lowest BCUT2D eigenvalue weighted by Crippen LogP contribution is -2.20. The highest BCUT2D eigenvalue weighted by atomic mass is 32.1. The second-order valence-corrected chi connectivity index (χ2v) is 4.76. The molecule has 0 aliphatic heterocycles. The fourth-order valence-electron chi connectivity index (χ4n) is 1.89. The van der Waals surface area contributed by atoms with Crippen molar-refractivity contribution in [3.05, 3.63) is 29.3 Å². The van der Waals surface area contributed by atoms with Gasteiger partial charge in [-0.05, 0) is 43.8 Å². The van der Waals surface area contributed by atoms with Gasteiger partial charge < -0.3 is 9.64 Å². The molecule has 0 fully saturated rings. The Hall–Kier alpha value is -0.670. The van der Waals surface area contributed by atoms with Crippen LogP contribution < -0.4 is 4.74 Å². The third kappa shape index (κ3) is 4.60. The summed E-state index contributed by atoms with van der Waals surface area (Å²) < 4.78 is 5.41. The van der Waals surface area contributed by atoms with Gasteiger partial charge in [-0.25, -0.2) is 0 Å². The average Bonchev–Trinajstić information content (AvgIpc) is 2.36. The van der Waals surface area contributed by atoms with Crippen LogP contribution in [0.3, 0.4) is 0 Å². The lowest BCUT2D eigenvalue weighted by atomic mass is 10.1. The standard InChI is InChI=1S/C14H23NOS/c1-4-12-6-7-14(16-3)13(10-12)11-15(2)8-5-9-17/h6-7,10,17H,4-5,8-9,11H2,1-3H3. The van der Waals surface area contributed by atoms with E-state index in [1.807, 2.05) is 0 Å².